The third-order valence-electron chi connectivity index (χ3n) is 5.26. The second kappa shape index (κ2) is 8.61. The van der Waals surface area contributed by atoms with Gasteiger partial charge in [-0.3, -0.25) is 9.52 Å². The third-order valence-corrected chi connectivity index (χ3v) is 6.89. The molecule has 0 saturated carbocycles. The van der Waals surface area contributed by atoms with Crippen LogP contribution in [0.15, 0.2) is 71.6 Å². The van der Waals surface area contributed by atoms with Crippen molar-refractivity contribution in [3.8, 4) is 5.75 Å². The molecule has 0 bridgehead atoms. The van der Waals surface area contributed by atoms with Gasteiger partial charge in [0, 0.05) is 16.3 Å². The Kier molecular flexibility index (Phi) is 5.89. The summed E-state index contributed by atoms with van der Waals surface area (Å²) in [6.07, 6.45) is 1.66. The van der Waals surface area contributed by atoms with Crippen molar-refractivity contribution in [1.29, 1.82) is 0 Å². The minimum absolute atomic E-state index is 0.0701. The summed E-state index contributed by atoms with van der Waals surface area (Å²) in [4.78, 5) is 12.7. The number of hydrogen-bond donors (Lipinski definition) is 2. The van der Waals surface area contributed by atoms with Gasteiger partial charge in [-0.25, -0.2) is 8.42 Å². The van der Waals surface area contributed by atoms with Gasteiger partial charge in [-0.15, -0.1) is 0 Å². The molecule has 1 aliphatic carbocycles. The molecule has 1 aliphatic rings. The molecule has 0 saturated heterocycles. The summed E-state index contributed by atoms with van der Waals surface area (Å²) in [6.45, 7) is 0. The van der Waals surface area contributed by atoms with Gasteiger partial charge < -0.3 is 10.1 Å². The molecule has 4 rings (SSSR count). The minimum atomic E-state index is -3.78. The van der Waals surface area contributed by atoms with Crippen LogP contribution in [0.2, 0.25) is 5.02 Å². The fraction of sp³-hybridized carbons (Fsp3) is 0.174. The molecule has 0 spiro atoms. The molecule has 0 heterocycles. The van der Waals surface area contributed by atoms with Gasteiger partial charge in [-0.2, -0.15) is 0 Å². The van der Waals surface area contributed by atoms with Gasteiger partial charge in [0.15, 0.2) is 0 Å². The molecule has 1 unspecified atom stereocenters. The summed E-state index contributed by atoms with van der Waals surface area (Å²) in [5.41, 5.74) is 3.03. The smallest absolute Gasteiger partial charge is 0.261 e. The Bertz CT molecular complexity index is 1210. The van der Waals surface area contributed by atoms with Crippen LogP contribution in [0.4, 0.5) is 5.69 Å². The highest BCUT2D eigenvalue weighted by molar-refractivity contribution is 7.92. The first kappa shape index (κ1) is 21.2. The molecule has 8 heteroatoms. The number of aryl methyl sites for hydroxylation is 1. The molecule has 3 aromatic rings. The molecule has 6 nitrogen and oxygen atoms in total. The molecular weight excluding hydrogens is 436 g/mol. The Hall–Kier alpha value is -3.03. The number of carbonyl (C=O) groups is 1. The molecule has 3 aromatic carbocycles. The van der Waals surface area contributed by atoms with Crippen LogP contribution in [-0.2, 0) is 16.4 Å². The SMILES string of the molecule is COc1ccc(NS(=O)(=O)c2ccc(C(=O)NC3CCc4cc(Cl)ccc43)cc2)cc1. The van der Waals surface area contributed by atoms with Gasteiger partial charge in [0.1, 0.15) is 5.75 Å². The maximum atomic E-state index is 12.7. The molecule has 2 N–H and O–H groups in total. The molecule has 31 heavy (non-hydrogen) atoms. The number of anilines is 1. The number of hydrogen-bond acceptors (Lipinski definition) is 4. The summed E-state index contributed by atoms with van der Waals surface area (Å²) in [5.74, 6) is 0.381. The zero-order valence-corrected chi connectivity index (χ0v) is 18.3. The molecule has 1 atom stereocenters. The van der Waals surface area contributed by atoms with E-state index < -0.39 is 10.0 Å². The Morgan fingerprint density at radius 1 is 1.03 bits per heavy atom. The van der Waals surface area contributed by atoms with Crippen LogP contribution in [0, 0.1) is 0 Å². The van der Waals surface area contributed by atoms with E-state index in [2.05, 4.69) is 10.0 Å². The maximum Gasteiger partial charge on any atom is 0.261 e. The van der Waals surface area contributed by atoms with Gasteiger partial charge in [0.2, 0.25) is 0 Å². The standard InChI is InChI=1S/C23H21ClN2O4S/c1-30-19-8-6-18(7-9-19)26-31(28,29)20-10-2-15(3-11-20)23(27)25-22-13-4-16-14-17(24)5-12-21(16)22/h2-3,5-12,14,22,26H,4,13H2,1H3,(H,25,27). The highest BCUT2D eigenvalue weighted by Crippen LogP contribution is 2.33. The first-order valence-electron chi connectivity index (χ1n) is 9.72. The first-order valence-corrected chi connectivity index (χ1v) is 11.6. The minimum Gasteiger partial charge on any atom is -0.497 e. The number of halogens is 1. The van der Waals surface area contributed by atoms with Crippen LogP contribution in [0.1, 0.15) is 33.9 Å². The second-order valence-corrected chi connectivity index (χ2v) is 9.39. The van der Waals surface area contributed by atoms with Crippen molar-refractivity contribution in [2.45, 2.75) is 23.8 Å². The predicted octanol–water partition coefficient (Wildman–Crippen LogP) is 4.57. The van der Waals surface area contributed by atoms with Gasteiger partial charge >= 0.3 is 0 Å². The average molecular weight is 457 g/mol. The number of nitrogens with one attached hydrogen (secondary N) is 2. The van der Waals surface area contributed by atoms with Crippen LogP contribution in [-0.4, -0.2) is 21.4 Å². The lowest BCUT2D eigenvalue weighted by molar-refractivity contribution is 0.0936. The van der Waals surface area contributed by atoms with Crippen LogP contribution in [0.25, 0.3) is 0 Å². The average Bonchev–Trinajstić information content (AvgIpc) is 3.15. The van der Waals surface area contributed by atoms with E-state index in [1.54, 1.807) is 24.3 Å². The van der Waals surface area contributed by atoms with E-state index in [0.29, 0.717) is 22.0 Å². The molecular formula is C23H21ClN2O4S. The van der Waals surface area contributed by atoms with Crippen molar-refractivity contribution < 1.29 is 17.9 Å². The van der Waals surface area contributed by atoms with E-state index in [9.17, 15) is 13.2 Å². The number of fused-ring (bicyclic) bond motifs is 1. The Balaban J connectivity index is 1.44. The monoisotopic (exact) mass is 456 g/mol. The van der Waals surface area contributed by atoms with Gasteiger partial charge in [-0.1, -0.05) is 17.7 Å². The quantitative estimate of drug-likeness (QED) is 0.569. The summed E-state index contributed by atoms with van der Waals surface area (Å²) in [6, 6.07) is 18.0. The Morgan fingerprint density at radius 2 is 1.74 bits per heavy atom. The summed E-state index contributed by atoms with van der Waals surface area (Å²) in [5, 5.41) is 3.71. The molecule has 1 amide bonds. The van der Waals surface area contributed by atoms with Gasteiger partial charge in [-0.05, 0) is 84.6 Å². The maximum absolute atomic E-state index is 12.7. The number of rotatable bonds is 6. The lowest BCUT2D eigenvalue weighted by atomic mass is 10.1. The fourth-order valence-corrected chi connectivity index (χ4v) is 4.89. The summed E-state index contributed by atoms with van der Waals surface area (Å²) < 4.78 is 32.8. The van der Waals surface area contributed by atoms with E-state index >= 15 is 0 Å². The van der Waals surface area contributed by atoms with E-state index in [-0.39, 0.29) is 16.8 Å². The molecule has 0 radical (unpaired) electrons. The highest BCUT2D eigenvalue weighted by atomic mass is 35.5. The van der Waals surface area contributed by atoms with Crippen molar-refractivity contribution in [1.82, 2.24) is 5.32 Å². The molecule has 0 aromatic heterocycles. The van der Waals surface area contributed by atoms with E-state index in [0.717, 1.165) is 24.0 Å². The van der Waals surface area contributed by atoms with Crippen molar-refractivity contribution in [2.75, 3.05) is 11.8 Å². The number of ether oxygens (including phenoxy) is 1. The first-order chi connectivity index (χ1) is 14.9. The van der Waals surface area contributed by atoms with Gasteiger partial charge in [0.25, 0.3) is 15.9 Å². The zero-order chi connectivity index (χ0) is 22.0. The van der Waals surface area contributed by atoms with E-state index in [4.69, 9.17) is 16.3 Å². The van der Waals surface area contributed by atoms with Crippen molar-refractivity contribution in [3.63, 3.8) is 0 Å². The topological polar surface area (TPSA) is 84.5 Å². The molecule has 0 aliphatic heterocycles. The number of benzene rings is 3. The van der Waals surface area contributed by atoms with Crippen molar-refractivity contribution >= 4 is 33.2 Å². The highest BCUT2D eigenvalue weighted by Gasteiger charge is 2.24. The zero-order valence-electron chi connectivity index (χ0n) is 16.8. The third kappa shape index (κ3) is 4.68. The number of sulfonamides is 1. The van der Waals surface area contributed by atoms with Crippen molar-refractivity contribution in [3.05, 3.63) is 88.4 Å². The predicted molar refractivity (Wildman–Crippen MR) is 120 cm³/mol. The molecule has 160 valence electrons. The number of carbonyl (C=O) groups excluding carboxylic acids is 1. The van der Waals surface area contributed by atoms with Crippen LogP contribution >= 0.6 is 11.6 Å². The Labute approximate surface area is 186 Å². The van der Waals surface area contributed by atoms with Crippen LogP contribution < -0.4 is 14.8 Å². The summed E-state index contributed by atoms with van der Waals surface area (Å²) >= 11 is 6.04. The van der Waals surface area contributed by atoms with Crippen LogP contribution in [0.5, 0.6) is 5.75 Å². The van der Waals surface area contributed by atoms with Gasteiger partial charge in [0.05, 0.1) is 18.0 Å². The second-order valence-electron chi connectivity index (χ2n) is 7.27. The van der Waals surface area contributed by atoms with Crippen molar-refractivity contribution in [2.24, 2.45) is 0 Å². The number of amides is 1. The lowest BCUT2D eigenvalue weighted by Gasteiger charge is -2.15. The Morgan fingerprint density at radius 3 is 2.42 bits per heavy atom. The number of methoxy groups -OCH3 is 1. The van der Waals surface area contributed by atoms with Crippen LogP contribution in [0.3, 0.4) is 0 Å². The van der Waals surface area contributed by atoms with E-state index in [1.165, 1.54) is 31.4 Å². The molecule has 0 fully saturated rings. The lowest BCUT2D eigenvalue weighted by Crippen LogP contribution is -2.27. The van der Waals surface area contributed by atoms with E-state index in [1.807, 2.05) is 18.2 Å². The summed E-state index contributed by atoms with van der Waals surface area (Å²) in [7, 11) is -2.24. The largest absolute Gasteiger partial charge is 0.497 e. The fourth-order valence-electron chi connectivity index (χ4n) is 3.64. The normalized spacial score (nSPS) is 15.2.